The Morgan fingerprint density at radius 3 is 2.41 bits per heavy atom. The topological polar surface area (TPSA) is 69.9 Å². The monoisotopic (exact) mass is 384 g/mol. The van der Waals surface area contributed by atoms with Crippen LogP contribution in [0.5, 0.6) is 5.75 Å². The summed E-state index contributed by atoms with van der Waals surface area (Å²) >= 11 is 1.42. The van der Waals surface area contributed by atoms with Crippen LogP contribution in [0.4, 0.5) is 0 Å². The highest BCUT2D eigenvalue weighted by Crippen LogP contribution is 2.27. The first-order chi connectivity index (χ1) is 13.0. The third kappa shape index (κ3) is 3.99. The number of Topliss-reactive ketones (excluding diaryl/α,β-unsaturated/α-hetero) is 1. The predicted molar refractivity (Wildman–Crippen MR) is 105 cm³/mol. The lowest BCUT2D eigenvalue weighted by molar-refractivity contribution is 0.0991. The lowest BCUT2D eigenvalue weighted by Gasteiger charge is -2.07. The molecule has 27 heavy (non-hydrogen) atoms. The molecular weight excluding hydrogens is 364 g/mol. The van der Waals surface area contributed by atoms with Gasteiger partial charge in [-0.25, -0.2) is 0 Å². The maximum atomic E-state index is 12.6. The molecule has 0 unspecified atom stereocenters. The molecular formula is C20H20N2O4S. The van der Waals surface area contributed by atoms with E-state index in [1.54, 1.807) is 38.5 Å². The number of aromatic nitrogens is 1. The Labute approximate surface area is 160 Å². The lowest BCUT2D eigenvalue weighted by Crippen LogP contribution is -2.19. The molecule has 0 N–H and O–H groups in total. The smallest absolute Gasteiger partial charge is 0.279 e. The van der Waals surface area contributed by atoms with Crippen LogP contribution in [-0.2, 0) is 11.3 Å². The molecule has 1 amide bonds. The Hall–Kier alpha value is -2.77. The van der Waals surface area contributed by atoms with E-state index in [2.05, 4.69) is 4.99 Å². The van der Waals surface area contributed by atoms with E-state index < -0.39 is 0 Å². The largest absolute Gasteiger partial charge is 0.495 e. The fourth-order valence-corrected chi connectivity index (χ4v) is 3.81. The zero-order chi connectivity index (χ0) is 19.4. The number of carbonyl (C=O) groups excluding carboxylic acids is 2. The Bertz CT molecular complexity index is 1050. The van der Waals surface area contributed by atoms with Crippen molar-refractivity contribution in [2.45, 2.75) is 13.5 Å². The van der Waals surface area contributed by atoms with Crippen molar-refractivity contribution >= 4 is 33.2 Å². The number of para-hydroxylation sites is 1. The number of nitrogens with zero attached hydrogens (tertiary/aromatic N) is 2. The van der Waals surface area contributed by atoms with E-state index in [0.29, 0.717) is 29.1 Å². The van der Waals surface area contributed by atoms with Crippen molar-refractivity contribution in [2.24, 2.45) is 4.99 Å². The fourth-order valence-electron chi connectivity index (χ4n) is 2.74. The summed E-state index contributed by atoms with van der Waals surface area (Å²) in [6.45, 7) is 2.52. The Morgan fingerprint density at radius 1 is 1.07 bits per heavy atom. The van der Waals surface area contributed by atoms with Crippen molar-refractivity contribution in [3.63, 3.8) is 0 Å². The van der Waals surface area contributed by atoms with Gasteiger partial charge >= 0.3 is 0 Å². The van der Waals surface area contributed by atoms with Crippen LogP contribution in [0.1, 0.15) is 27.6 Å². The number of carbonyl (C=O) groups is 2. The standard InChI is InChI=1S/C20H20N2O4S/c1-13(23)14-7-9-15(10-8-14)19(24)21-20-22(11-12-25-2)18-16(26-3)5-4-6-17(18)27-20/h4-10H,11-12H2,1-3H3. The van der Waals surface area contributed by atoms with Gasteiger partial charge < -0.3 is 14.0 Å². The normalized spacial score (nSPS) is 11.7. The molecule has 3 aromatic rings. The van der Waals surface area contributed by atoms with Crippen LogP contribution in [0, 0.1) is 0 Å². The number of hydrogen-bond donors (Lipinski definition) is 0. The van der Waals surface area contributed by atoms with Crippen LogP contribution in [-0.4, -0.2) is 37.1 Å². The van der Waals surface area contributed by atoms with Gasteiger partial charge in [0.15, 0.2) is 10.6 Å². The fraction of sp³-hybridized carbons (Fsp3) is 0.250. The minimum Gasteiger partial charge on any atom is -0.495 e. The van der Waals surface area contributed by atoms with E-state index >= 15 is 0 Å². The van der Waals surface area contributed by atoms with E-state index in [4.69, 9.17) is 9.47 Å². The molecule has 0 saturated heterocycles. The first-order valence-corrected chi connectivity index (χ1v) is 9.22. The molecule has 7 heteroatoms. The van der Waals surface area contributed by atoms with E-state index in [1.807, 2.05) is 22.8 Å². The van der Waals surface area contributed by atoms with Crippen molar-refractivity contribution in [2.75, 3.05) is 20.8 Å². The van der Waals surface area contributed by atoms with E-state index in [0.717, 1.165) is 16.0 Å². The van der Waals surface area contributed by atoms with Gasteiger partial charge in [-0.1, -0.05) is 29.5 Å². The number of thiazole rings is 1. The Morgan fingerprint density at radius 2 is 1.78 bits per heavy atom. The number of methoxy groups -OCH3 is 2. The second kappa shape index (κ2) is 8.28. The highest BCUT2D eigenvalue weighted by atomic mass is 32.1. The van der Waals surface area contributed by atoms with Crippen molar-refractivity contribution in [1.29, 1.82) is 0 Å². The van der Waals surface area contributed by atoms with Gasteiger partial charge in [-0.2, -0.15) is 4.99 Å². The van der Waals surface area contributed by atoms with Crippen LogP contribution in [0.2, 0.25) is 0 Å². The van der Waals surface area contributed by atoms with Gasteiger partial charge in [0.25, 0.3) is 5.91 Å². The van der Waals surface area contributed by atoms with Gasteiger partial charge in [0.1, 0.15) is 11.3 Å². The van der Waals surface area contributed by atoms with Gasteiger partial charge in [0, 0.05) is 24.8 Å². The van der Waals surface area contributed by atoms with Crippen molar-refractivity contribution in [1.82, 2.24) is 4.57 Å². The minimum absolute atomic E-state index is 0.0417. The summed E-state index contributed by atoms with van der Waals surface area (Å²) in [4.78, 5) is 28.9. The first kappa shape index (κ1) is 19.0. The molecule has 0 bridgehead atoms. The van der Waals surface area contributed by atoms with Gasteiger partial charge in [0.2, 0.25) is 0 Å². The van der Waals surface area contributed by atoms with Crippen molar-refractivity contribution in [3.05, 3.63) is 58.4 Å². The summed E-state index contributed by atoms with van der Waals surface area (Å²) < 4.78 is 13.6. The van der Waals surface area contributed by atoms with Gasteiger partial charge in [-0.15, -0.1) is 0 Å². The molecule has 140 valence electrons. The molecule has 0 saturated carbocycles. The summed E-state index contributed by atoms with van der Waals surface area (Å²) in [5.74, 6) is 0.321. The molecule has 2 aromatic carbocycles. The molecule has 0 aliphatic carbocycles. The molecule has 0 radical (unpaired) electrons. The number of ether oxygens (including phenoxy) is 2. The quantitative estimate of drug-likeness (QED) is 0.612. The third-order valence-corrected chi connectivity index (χ3v) is 5.18. The second-order valence-electron chi connectivity index (χ2n) is 5.89. The number of hydrogen-bond acceptors (Lipinski definition) is 5. The maximum Gasteiger partial charge on any atom is 0.279 e. The highest BCUT2D eigenvalue weighted by molar-refractivity contribution is 7.16. The summed E-state index contributed by atoms with van der Waals surface area (Å²) in [6, 6.07) is 12.3. The maximum absolute atomic E-state index is 12.6. The van der Waals surface area contributed by atoms with Crippen LogP contribution >= 0.6 is 11.3 Å². The predicted octanol–water partition coefficient (Wildman–Crippen LogP) is 3.30. The Kier molecular flexibility index (Phi) is 5.83. The minimum atomic E-state index is -0.359. The zero-order valence-corrected chi connectivity index (χ0v) is 16.2. The average Bonchev–Trinajstić information content (AvgIpc) is 3.03. The number of amides is 1. The SMILES string of the molecule is COCCn1c(=NC(=O)c2ccc(C(C)=O)cc2)sc2cccc(OC)c21. The summed E-state index contributed by atoms with van der Waals surface area (Å²) in [6.07, 6.45) is 0. The summed E-state index contributed by atoms with van der Waals surface area (Å²) in [5, 5.41) is 0. The molecule has 3 rings (SSSR count). The van der Waals surface area contributed by atoms with Crippen LogP contribution in [0.15, 0.2) is 47.5 Å². The third-order valence-electron chi connectivity index (χ3n) is 4.14. The van der Waals surface area contributed by atoms with Crippen molar-refractivity contribution < 1.29 is 19.1 Å². The molecule has 0 atom stereocenters. The van der Waals surface area contributed by atoms with E-state index in [1.165, 1.54) is 18.3 Å². The number of benzene rings is 2. The highest BCUT2D eigenvalue weighted by Gasteiger charge is 2.13. The number of ketones is 1. The molecule has 0 aliphatic rings. The molecule has 1 heterocycles. The zero-order valence-electron chi connectivity index (χ0n) is 15.4. The van der Waals surface area contributed by atoms with Crippen LogP contribution in [0.3, 0.4) is 0 Å². The van der Waals surface area contributed by atoms with E-state index in [9.17, 15) is 9.59 Å². The second-order valence-corrected chi connectivity index (χ2v) is 6.90. The average molecular weight is 384 g/mol. The summed E-state index contributed by atoms with van der Waals surface area (Å²) in [7, 11) is 3.25. The molecule has 0 fully saturated rings. The number of fused-ring (bicyclic) bond motifs is 1. The van der Waals surface area contributed by atoms with E-state index in [-0.39, 0.29) is 11.7 Å². The van der Waals surface area contributed by atoms with Gasteiger partial charge in [0.05, 0.1) is 18.4 Å². The molecule has 0 aliphatic heterocycles. The summed E-state index contributed by atoms with van der Waals surface area (Å²) in [5.41, 5.74) is 1.89. The van der Waals surface area contributed by atoms with Crippen LogP contribution < -0.4 is 9.54 Å². The molecule has 1 aromatic heterocycles. The van der Waals surface area contributed by atoms with Gasteiger partial charge in [-0.3, -0.25) is 9.59 Å². The first-order valence-electron chi connectivity index (χ1n) is 8.40. The van der Waals surface area contributed by atoms with Gasteiger partial charge in [-0.05, 0) is 31.2 Å². The van der Waals surface area contributed by atoms with Crippen molar-refractivity contribution in [3.8, 4) is 5.75 Å². The molecule has 6 nitrogen and oxygen atoms in total. The Balaban J connectivity index is 2.08. The number of rotatable bonds is 6. The lowest BCUT2D eigenvalue weighted by atomic mass is 10.1. The molecule has 0 spiro atoms. The van der Waals surface area contributed by atoms with Crippen LogP contribution in [0.25, 0.3) is 10.2 Å².